The summed E-state index contributed by atoms with van der Waals surface area (Å²) in [5.74, 6) is -0.634. The Morgan fingerprint density at radius 3 is 2.64 bits per heavy atom. The Labute approximate surface area is 166 Å². The monoisotopic (exact) mass is 404 g/mol. The summed E-state index contributed by atoms with van der Waals surface area (Å²) in [6.07, 6.45) is 1.36. The van der Waals surface area contributed by atoms with Gasteiger partial charge in [0.25, 0.3) is 0 Å². The van der Waals surface area contributed by atoms with E-state index in [1.807, 2.05) is 0 Å². The molecule has 0 fully saturated rings. The van der Waals surface area contributed by atoms with Crippen molar-refractivity contribution in [1.82, 2.24) is 10.3 Å². The van der Waals surface area contributed by atoms with Crippen molar-refractivity contribution >= 4 is 28.4 Å². The van der Waals surface area contributed by atoms with E-state index in [1.165, 1.54) is 24.4 Å². The van der Waals surface area contributed by atoms with Gasteiger partial charge >= 0.3 is 0 Å². The fourth-order valence-corrected chi connectivity index (χ4v) is 3.07. The molecule has 3 rings (SSSR count). The van der Waals surface area contributed by atoms with Crippen LogP contribution in [0.15, 0.2) is 48.7 Å². The number of hydrogen-bond donors (Lipinski definition) is 1. The van der Waals surface area contributed by atoms with Gasteiger partial charge in [0.15, 0.2) is 0 Å². The fourth-order valence-electron chi connectivity index (χ4n) is 2.98. The van der Waals surface area contributed by atoms with Crippen LogP contribution in [-0.4, -0.2) is 23.3 Å². The number of aromatic nitrogens is 1. The summed E-state index contributed by atoms with van der Waals surface area (Å²) in [5.41, 5.74) is -0.875. The zero-order valence-electron chi connectivity index (χ0n) is 15.4. The van der Waals surface area contributed by atoms with Crippen molar-refractivity contribution in [3.8, 4) is 11.5 Å². The van der Waals surface area contributed by atoms with E-state index in [9.17, 15) is 13.6 Å². The van der Waals surface area contributed by atoms with Gasteiger partial charge in [0.1, 0.15) is 28.7 Å². The first-order valence-corrected chi connectivity index (χ1v) is 9.23. The minimum absolute atomic E-state index is 0.112. The van der Waals surface area contributed by atoms with E-state index < -0.39 is 17.0 Å². The lowest BCUT2D eigenvalue weighted by Crippen LogP contribution is -2.41. The number of amides is 1. The highest BCUT2D eigenvalue weighted by Gasteiger charge is 2.35. The molecule has 0 aliphatic heterocycles. The Hall–Kier alpha value is -2.73. The normalized spacial score (nSPS) is 11.5. The maximum Gasteiger partial charge on any atom is 0.230 e. The van der Waals surface area contributed by atoms with Gasteiger partial charge in [-0.25, -0.2) is 13.8 Å². The third-order valence-electron chi connectivity index (χ3n) is 4.41. The minimum Gasteiger partial charge on any atom is -0.455 e. The van der Waals surface area contributed by atoms with E-state index in [0.717, 1.165) is 0 Å². The van der Waals surface area contributed by atoms with Crippen LogP contribution < -0.4 is 10.1 Å². The van der Waals surface area contributed by atoms with Crippen LogP contribution in [0.3, 0.4) is 0 Å². The predicted molar refractivity (Wildman–Crippen MR) is 105 cm³/mol. The van der Waals surface area contributed by atoms with Gasteiger partial charge in [-0.15, -0.1) is 11.6 Å². The molecule has 4 nitrogen and oxygen atoms in total. The van der Waals surface area contributed by atoms with Crippen molar-refractivity contribution in [3.05, 3.63) is 65.9 Å². The Morgan fingerprint density at radius 2 is 1.89 bits per heavy atom. The molecule has 0 saturated carbocycles. The van der Waals surface area contributed by atoms with Crippen LogP contribution in [0.25, 0.3) is 10.9 Å². The molecule has 0 unspecified atom stereocenters. The maximum atomic E-state index is 14.7. The molecule has 7 heteroatoms. The highest BCUT2D eigenvalue weighted by Crippen LogP contribution is 2.37. The van der Waals surface area contributed by atoms with Crippen LogP contribution in [0.1, 0.15) is 19.4 Å². The van der Waals surface area contributed by atoms with Crippen molar-refractivity contribution < 1.29 is 18.3 Å². The van der Waals surface area contributed by atoms with Crippen LogP contribution in [0.4, 0.5) is 8.78 Å². The molecule has 0 spiro atoms. The molecule has 0 saturated heterocycles. The van der Waals surface area contributed by atoms with Crippen molar-refractivity contribution in [1.29, 1.82) is 0 Å². The van der Waals surface area contributed by atoms with Gasteiger partial charge in [-0.1, -0.05) is 18.2 Å². The quantitative estimate of drug-likeness (QED) is 0.592. The number of ether oxygens (including phenoxy) is 1. The number of alkyl halides is 1. The first-order valence-electron chi connectivity index (χ1n) is 8.70. The summed E-state index contributed by atoms with van der Waals surface area (Å²) in [6, 6.07) is 10.5. The molecule has 1 aromatic heterocycles. The standard InChI is InChI=1S/C21H19ClF2N2O2/c1-21(2,20(27)25-10-9-22)18-15(23)6-4-8-17(18)28-14-11-13-5-3-7-16(24)19(13)26-12-14/h3-8,11-12H,9-10H2,1-2H3,(H,25,27). The molecular weight excluding hydrogens is 386 g/mol. The number of hydrogen-bond acceptors (Lipinski definition) is 3. The summed E-state index contributed by atoms with van der Waals surface area (Å²) in [7, 11) is 0. The molecule has 1 heterocycles. The molecule has 1 amide bonds. The lowest BCUT2D eigenvalue weighted by molar-refractivity contribution is -0.125. The van der Waals surface area contributed by atoms with Crippen molar-refractivity contribution in [2.24, 2.45) is 0 Å². The first-order chi connectivity index (χ1) is 13.3. The zero-order valence-corrected chi connectivity index (χ0v) is 16.2. The number of pyridine rings is 1. The van der Waals surface area contributed by atoms with Crippen LogP contribution >= 0.6 is 11.6 Å². The lowest BCUT2D eigenvalue weighted by Gasteiger charge is -2.26. The predicted octanol–water partition coefficient (Wildman–Crippen LogP) is 4.94. The molecule has 0 radical (unpaired) electrons. The second kappa shape index (κ2) is 8.10. The van der Waals surface area contributed by atoms with Gasteiger partial charge in [-0.2, -0.15) is 0 Å². The lowest BCUT2D eigenvalue weighted by atomic mass is 9.82. The van der Waals surface area contributed by atoms with E-state index in [0.29, 0.717) is 11.1 Å². The van der Waals surface area contributed by atoms with E-state index in [2.05, 4.69) is 10.3 Å². The van der Waals surface area contributed by atoms with Gasteiger partial charge < -0.3 is 10.1 Å². The number of benzene rings is 2. The molecule has 0 bridgehead atoms. The summed E-state index contributed by atoms with van der Waals surface area (Å²) >= 11 is 5.62. The molecule has 0 aliphatic carbocycles. The number of carbonyl (C=O) groups is 1. The molecule has 3 aromatic rings. The van der Waals surface area contributed by atoms with E-state index in [-0.39, 0.29) is 35.2 Å². The Kier molecular flexibility index (Phi) is 5.79. The van der Waals surface area contributed by atoms with Gasteiger partial charge in [-0.3, -0.25) is 4.79 Å². The summed E-state index contributed by atoms with van der Waals surface area (Å²) in [4.78, 5) is 16.6. The van der Waals surface area contributed by atoms with Gasteiger partial charge in [0, 0.05) is 23.4 Å². The number of nitrogens with one attached hydrogen (secondary N) is 1. The van der Waals surface area contributed by atoms with Crippen molar-refractivity contribution in [3.63, 3.8) is 0 Å². The summed E-state index contributed by atoms with van der Waals surface area (Å²) in [6.45, 7) is 3.49. The van der Waals surface area contributed by atoms with Gasteiger partial charge in [-0.05, 0) is 38.1 Å². The Balaban J connectivity index is 1.99. The van der Waals surface area contributed by atoms with E-state index >= 15 is 0 Å². The zero-order chi connectivity index (χ0) is 20.3. The largest absolute Gasteiger partial charge is 0.455 e. The minimum atomic E-state index is -1.21. The number of carbonyl (C=O) groups excluding carboxylic acids is 1. The molecule has 28 heavy (non-hydrogen) atoms. The van der Waals surface area contributed by atoms with Crippen molar-refractivity contribution in [2.45, 2.75) is 19.3 Å². The smallest absolute Gasteiger partial charge is 0.230 e. The van der Waals surface area contributed by atoms with Crippen LogP contribution in [0.2, 0.25) is 0 Å². The third-order valence-corrected chi connectivity index (χ3v) is 4.60. The summed E-state index contributed by atoms with van der Waals surface area (Å²) < 4.78 is 34.3. The van der Waals surface area contributed by atoms with Crippen LogP contribution in [0.5, 0.6) is 11.5 Å². The number of nitrogens with zero attached hydrogens (tertiary/aromatic N) is 1. The SMILES string of the molecule is CC(C)(C(=O)NCCCl)c1c(F)cccc1Oc1cnc2c(F)cccc2c1. The van der Waals surface area contributed by atoms with Crippen molar-refractivity contribution in [2.75, 3.05) is 12.4 Å². The molecule has 0 aliphatic rings. The highest BCUT2D eigenvalue weighted by atomic mass is 35.5. The number of halogens is 3. The molecular formula is C21H19ClF2N2O2. The van der Waals surface area contributed by atoms with Crippen LogP contribution in [-0.2, 0) is 10.2 Å². The topological polar surface area (TPSA) is 51.2 Å². The number of rotatable bonds is 6. The average Bonchev–Trinajstić information content (AvgIpc) is 2.66. The van der Waals surface area contributed by atoms with E-state index in [1.54, 1.807) is 38.1 Å². The number of para-hydroxylation sites is 1. The third kappa shape index (κ3) is 3.92. The van der Waals surface area contributed by atoms with E-state index in [4.69, 9.17) is 16.3 Å². The maximum absolute atomic E-state index is 14.7. The Morgan fingerprint density at radius 1 is 1.18 bits per heavy atom. The van der Waals surface area contributed by atoms with Gasteiger partial charge in [0.2, 0.25) is 5.91 Å². The second-order valence-electron chi connectivity index (χ2n) is 6.77. The molecule has 146 valence electrons. The molecule has 1 N–H and O–H groups in total. The van der Waals surface area contributed by atoms with Gasteiger partial charge in [0.05, 0.1) is 11.6 Å². The second-order valence-corrected chi connectivity index (χ2v) is 7.15. The average molecular weight is 405 g/mol. The highest BCUT2D eigenvalue weighted by molar-refractivity contribution is 6.18. The number of fused-ring (bicyclic) bond motifs is 1. The van der Waals surface area contributed by atoms with Crippen LogP contribution in [0, 0.1) is 11.6 Å². The Bertz CT molecular complexity index is 1020. The summed E-state index contributed by atoms with van der Waals surface area (Å²) in [5, 5.41) is 3.22. The fraction of sp³-hybridized carbons (Fsp3) is 0.238. The molecule has 2 aromatic carbocycles. The first kappa shape index (κ1) is 20.0. The molecule has 0 atom stereocenters.